The number of H-pyrrole nitrogens is 1. The molecule has 0 spiro atoms. The Kier molecular flexibility index (Phi) is 5.39. The van der Waals surface area contributed by atoms with E-state index in [1.54, 1.807) is 18.5 Å². The largest absolute Gasteiger partial charge is 0.354 e. The third-order valence-corrected chi connectivity index (χ3v) is 5.80. The Labute approximate surface area is 188 Å². The Bertz CT molecular complexity index is 1360. The van der Waals surface area contributed by atoms with Crippen molar-refractivity contribution in [1.82, 2.24) is 20.3 Å². The Morgan fingerprint density at radius 3 is 2.58 bits per heavy atom. The molecule has 0 bridgehead atoms. The smallest absolute Gasteiger partial charge is 0.201 e. The van der Waals surface area contributed by atoms with Crippen LogP contribution in [-0.2, 0) is 0 Å². The summed E-state index contributed by atoms with van der Waals surface area (Å²) in [5.41, 5.74) is 1.22. The summed E-state index contributed by atoms with van der Waals surface area (Å²) in [7, 11) is 0. The molecule has 3 N–H and O–H groups in total. The fraction of sp³-hybridized carbons (Fsp3) is 0.167. The van der Waals surface area contributed by atoms with E-state index in [0.717, 1.165) is 61.5 Å². The summed E-state index contributed by atoms with van der Waals surface area (Å²) in [5.74, 6) is -1.95. The lowest BCUT2D eigenvalue weighted by Crippen LogP contribution is -2.43. The molecule has 0 radical (unpaired) electrons. The molecule has 1 aliphatic rings. The number of halogens is 2. The summed E-state index contributed by atoms with van der Waals surface area (Å²) in [5, 5.41) is 11.0. The van der Waals surface area contributed by atoms with Crippen LogP contribution in [0.3, 0.4) is 0 Å². The lowest BCUT2D eigenvalue weighted by molar-refractivity contribution is 0.103. The topological polar surface area (TPSA) is 97.8 Å². The van der Waals surface area contributed by atoms with Gasteiger partial charge in [0.15, 0.2) is 0 Å². The van der Waals surface area contributed by atoms with Crippen LogP contribution in [0.15, 0.2) is 48.9 Å². The van der Waals surface area contributed by atoms with Gasteiger partial charge in [-0.05, 0) is 30.3 Å². The molecule has 0 atom stereocenters. The number of ketones is 1. The van der Waals surface area contributed by atoms with Crippen molar-refractivity contribution in [2.75, 3.05) is 31.1 Å². The van der Waals surface area contributed by atoms with Gasteiger partial charge in [-0.2, -0.15) is 0 Å². The molecular formula is C24H20F2N6O. The highest BCUT2D eigenvalue weighted by molar-refractivity contribution is 6.16. The highest BCUT2D eigenvalue weighted by Gasteiger charge is 2.24. The van der Waals surface area contributed by atoms with E-state index in [0.29, 0.717) is 11.0 Å². The maximum Gasteiger partial charge on any atom is 0.201 e. The molecule has 5 rings (SSSR count). The number of benzene rings is 1. The Balaban J connectivity index is 1.51. The molecule has 1 fully saturated rings. The number of aromatic nitrogens is 3. The Hall–Kier alpha value is -3.98. The van der Waals surface area contributed by atoms with Crippen molar-refractivity contribution in [3.63, 3.8) is 0 Å². The molecule has 0 aliphatic carbocycles. The molecule has 0 amide bonds. The molecule has 4 heterocycles. The maximum atomic E-state index is 14.7. The van der Waals surface area contributed by atoms with Crippen LogP contribution in [0, 0.1) is 17.0 Å². The maximum absolute atomic E-state index is 14.7. The van der Waals surface area contributed by atoms with Gasteiger partial charge in [0.1, 0.15) is 23.1 Å². The number of anilines is 1. The van der Waals surface area contributed by atoms with Gasteiger partial charge >= 0.3 is 0 Å². The number of piperazine rings is 1. The Morgan fingerprint density at radius 1 is 1.06 bits per heavy atom. The van der Waals surface area contributed by atoms with Gasteiger partial charge in [0, 0.05) is 78.6 Å². The lowest BCUT2D eigenvalue weighted by Gasteiger charge is -2.28. The number of rotatable bonds is 5. The van der Waals surface area contributed by atoms with E-state index < -0.39 is 23.0 Å². The minimum Gasteiger partial charge on any atom is -0.354 e. The van der Waals surface area contributed by atoms with Crippen LogP contribution in [0.4, 0.5) is 14.6 Å². The summed E-state index contributed by atoms with van der Waals surface area (Å²) in [4.78, 5) is 27.1. The number of hydrogen-bond donors (Lipinski definition) is 3. The Morgan fingerprint density at radius 2 is 1.85 bits per heavy atom. The van der Waals surface area contributed by atoms with Crippen LogP contribution in [0.5, 0.6) is 0 Å². The summed E-state index contributed by atoms with van der Waals surface area (Å²) < 4.78 is 29.0. The molecule has 1 aromatic carbocycles. The molecule has 3 aromatic heterocycles. The highest BCUT2D eigenvalue weighted by atomic mass is 19.1. The first-order valence-corrected chi connectivity index (χ1v) is 10.5. The van der Waals surface area contributed by atoms with Crippen LogP contribution >= 0.6 is 0 Å². The SMILES string of the molecule is N=Cc1ccc(F)c(C(=O)c2c[nH]c3ncc(-c4ccc(N5CCNCC5)nc4)cc23)c1F. The van der Waals surface area contributed by atoms with Crippen LogP contribution in [0.25, 0.3) is 22.2 Å². The number of aromatic amines is 1. The van der Waals surface area contributed by atoms with E-state index >= 15 is 0 Å². The highest BCUT2D eigenvalue weighted by Crippen LogP contribution is 2.28. The van der Waals surface area contributed by atoms with Crippen molar-refractivity contribution >= 4 is 28.8 Å². The van der Waals surface area contributed by atoms with Crippen molar-refractivity contribution in [2.45, 2.75) is 0 Å². The molecule has 0 unspecified atom stereocenters. The van der Waals surface area contributed by atoms with Gasteiger partial charge in [0.2, 0.25) is 5.78 Å². The third kappa shape index (κ3) is 3.76. The number of fused-ring (bicyclic) bond motifs is 1. The minimum atomic E-state index is -1.05. The van der Waals surface area contributed by atoms with Crippen LogP contribution < -0.4 is 10.2 Å². The second-order valence-electron chi connectivity index (χ2n) is 7.76. The van der Waals surface area contributed by atoms with Crippen molar-refractivity contribution in [2.24, 2.45) is 0 Å². The second-order valence-corrected chi connectivity index (χ2v) is 7.76. The van der Waals surface area contributed by atoms with Crippen LogP contribution in [0.1, 0.15) is 21.5 Å². The molecule has 4 aromatic rings. The first-order valence-electron chi connectivity index (χ1n) is 10.5. The van der Waals surface area contributed by atoms with Gasteiger partial charge in [0.25, 0.3) is 0 Å². The monoisotopic (exact) mass is 446 g/mol. The van der Waals surface area contributed by atoms with Gasteiger partial charge in [-0.1, -0.05) is 0 Å². The lowest BCUT2D eigenvalue weighted by atomic mass is 9.99. The first-order chi connectivity index (χ1) is 16.1. The number of hydrogen-bond acceptors (Lipinski definition) is 6. The average molecular weight is 446 g/mol. The first kappa shape index (κ1) is 20.9. The van der Waals surface area contributed by atoms with E-state index in [-0.39, 0.29) is 11.1 Å². The number of carbonyl (C=O) groups is 1. The standard InChI is InChI=1S/C24H20F2N6O/c25-19-3-1-14(10-27)22(26)21(19)23(33)18-13-31-24-17(18)9-16(12-30-24)15-2-4-20(29-11-15)32-7-5-28-6-8-32/h1-4,9-13,27-28H,5-8H2,(H,30,31). The summed E-state index contributed by atoms with van der Waals surface area (Å²) in [6.07, 6.45) is 5.55. The predicted octanol–water partition coefficient (Wildman–Crippen LogP) is 3.54. The van der Waals surface area contributed by atoms with Crippen molar-refractivity contribution in [1.29, 1.82) is 5.41 Å². The molecule has 7 nitrogen and oxygen atoms in total. The van der Waals surface area contributed by atoms with E-state index in [2.05, 4.69) is 25.2 Å². The number of pyridine rings is 2. The molecule has 33 heavy (non-hydrogen) atoms. The second kappa shape index (κ2) is 8.51. The third-order valence-electron chi connectivity index (χ3n) is 5.80. The zero-order valence-electron chi connectivity index (χ0n) is 17.5. The van der Waals surface area contributed by atoms with Gasteiger partial charge in [-0.3, -0.25) is 4.79 Å². The average Bonchev–Trinajstić information content (AvgIpc) is 3.28. The fourth-order valence-electron chi connectivity index (χ4n) is 4.01. The van der Waals surface area contributed by atoms with Crippen molar-refractivity contribution in [3.05, 3.63) is 77.2 Å². The zero-order chi connectivity index (χ0) is 22.9. The number of nitrogens with zero attached hydrogens (tertiary/aromatic N) is 3. The molecule has 166 valence electrons. The number of carbonyl (C=O) groups excluding carboxylic acids is 1. The van der Waals surface area contributed by atoms with Gasteiger partial charge in [-0.25, -0.2) is 18.7 Å². The molecule has 1 saturated heterocycles. The minimum absolute atomic E-state index is 0.102. The fourth-order valence-corrected chi connectivity index (χ4v) is 4.01. The van der Waals surface area contributed by atoms with E-state index in [1.807, 2.05) is 12.1 Å². The molecular weight excluding hydrogens is 426 g/mol. The molecule has 0 saturated carbocycles. The summed E-state index contributed by atoms with van der Waals surface area (Å²) in [6, 6.07) is 7.75. The van der Waals surface area contributed by atoms with E-state index in [4.69, 9.17) is 5.41 Å². The zero-order valence-corrected chi connectivity index (χ0v) is 17.5. The molecule has 9 heteroatoms. The molecule has 1 aliphatic heterocycles. The van der Waals surface area contributed by atoms with Crippen molar-refractivity contribution < 1.29 is 13.6 Å². The normalized spacial score (nSPS) is 13.9. The van der Waals surface area contributed by atoms with Crippen LogP contribution in [0.2, 0.25) is 0 Å². The van der Waals surface area contributed by atoms with Crippen molar-refractivity contribution in [3.8, 4) is 11.1 Å². The summed E-state index contributed by atoms with van der Waals surface area (Å²) in [6.45, 7) is 3.61. The summed E-state index contributed by atoms with van der Waals surface area (Å²) >= 11 is 0. The quantitative estimate of drug-likeness (QED) is 0.322. The van der Waals surface area contributed by atoms with E-state index in [1.165, 1.54) is 6.20 Å². The number of nitrogens with one attached hydrogen (secondary N) is 3. The van der Waals surface area contributed by atoms with Gasteiger partial charge in [0.05, 0.1) is 5.56 Å². The van der Waals surface area contributed by atoms with Crippen LogP contribution in [-0.4, -0.2) is 53.1 Å². The van der Waals surface area contributed by atoms with Gasteiger partial charge in [-0.15, -0.1) is 0 Å². The predicted molar refractivity (Wildman–Crippen MR) is 122 cm³/mol. The van der Waals surface area contributed by atoms with E-state index in [9.17, 15) is 13.6 Å². The van der Waals surface area contributed by atoms with Gasteiger partial charge < -0.3 is 20.6 Å².